The SMILES string of the molecule is C=C(NCc1ccc(F)cc1)c1nc2n(c(=O)c1O)CCN(Cc1noc(C)n1)C2(C)C. The number of halogens is 1. The fraction of sp³-hybridized carbons (Fsp3) is 0.364. The summed E-state index contributed by atoms with van der Waals surface area (Å²) in [4.78, 5) is 23.9. The molecule has 2 aromatic heterocycles. The Bertz CT molecular complexity index is 1220. The van der Waals surface area contributed by atoms with Crippen molar-refractivity contribution in [3.63, 3.8) is 0 Å². The lowest BCUT2D eigenvalue weighted by molar-refractivity contribution is 0.0623. The van der Waals surface area contributed by atoms with Crippen LogP contribution < -0.4 is 10.9 Å². The molecule has 10 heteroatoms. The van der Waals surface area contributed by atoms with Crippen LogP contribution in [0.4, 0.5) is 4.39 Å². The minimum absolute atomic E-state index is 0.0914. The number of benzene rings is 1. The zero-order chi connectivity index (χ0) is 23.0. The van der Waals surface area contributed by atoms with E-state index >= 15 is 0 Å². The molecule has 3 heterocycles. The number of rotatable bonds is 6. The van der Waals surface area contributed by atoms with Gasteiger partial charge in [0.25, 0.3) is 5.56 Å². The molecule has 0 atom stereocenters. The maximum Gasteiger partial charge on any atom is 0.296 e. The first-order chi connectivity index (χ1) is 15.2. The summed E-state index contributed by atoms with van der Waals surface area (Å²) in [7, 11) is 0. The van der Waals surface area contributed by atoms with Gasteiger partial charge in [-0.05, 0) is 31.5 Å². The summed E-state index contributed by atoms with van der Waals surface area (Å²) >= 11 is 0. The van der Waals surface area contributed by atoms with E-state index in [1.165, 1.54) is 16.7 Å². The average Bonchev–Trinajstić information content (AvgIpc) is 3.16. The third kappa shape index (κ3) is 4.01. The van der Waals surface area contributed by atoms with Crippen LogP contribution in [-0.4, -0.2) is 36.2 Å². The maximum atomic E-state index is 13.1. The number of hydrogen-bond acceptors (Lipinski definition) is 8. The van der Waals surface area contributed by atoms with E-state index in [-0.39, 0.29) is 11.5 Å². The van der Waals surface area contributed by atoms with Crippen molar-refractivity contribution >= 4 is 5.70 Å². The first kappa shape index (κ1) is 21.7. The number of aromatic nitrogens is 4. The van der Waals surface area contributed by atoms with Crippen molar-refractivity contribution in [2.24, 2.45) is 0 Å². The molecule has 1 aliphatic rings. The van der Waals surface area contributed by atoms with Crippen molar-refractivity contribution in [2.45, 2.75) is 45.9 Å². The molecule has 1 aliphatic heterocycles. The first-order valence-electron chi connectivity index (χ1n) is 10.2. The van der Waals surface area contributed by atoms with Crippen LogP contribution in [0.1, 0.15) is 42.6 Å². The van der Waals surface area contributed by atoms with Crippen molar-refractivity contribution in [3.8, 4) is 5.75 Å². The molecule has 0 aliphatic carbocycles. The Balaban J connectivity index is 1.61. The highest BCUT2D eigenvalue weighted by Gasteiger charge is 2.39. The first-order valence-corrected chi connectivity index (χ1v) is 10.2. The Labute approximate surface area is 184 Å². The number of nitrogens with one attached hydrogen (secondary N) is 1. The van der Waals surface area contributed by atoms with E-state index in [2.05, 4.69) is 31.9 Å². The molecule has 0 fully saturated rings. The fourth-order valence-electron chi connectivity index (χ4n) is 3.82. The van der Waals surface area contributed by atoms with Gasteiger partial charge < -0.3 is 14.9 Å². The van der Waals surface area contributed by atoms with E-state index in [1.54, 1.807) is 19.1 Å². The molecular weight excluding hydrogens is 415 g/mol. The summed E-state index contributed by atoms with van der Waals surface area (Å²) in [6.45, 7) is 11.3. The second-order valence-corrected chi connectivity index (χ2v) is 8.26. The van der Waals surface area contributed by atoms with Gasteiger partial charge in [0.15, 0.2) is 5.82 Å². The van der Waals surface area contributed by atoms with E-state index < -0.39 is 16.8 Å². The fourth-order valence-corrected chi connectivity index (χ4v) is 3.82. The second-order valence-electron chi connectivity index (χ2n) is 8.26. The third-order valence-corrected chi connectivity index (χ3v) is 5.68. The molecule has 9 nitrogen and oxygen atoms in total. The second kappa shape index (κ2) is 8.19. The predicted octanol–water partition coefficient (Wildman–Crippen LogP) is 2.29. The highest BCUT2D eigenvalue weighted by atomic mass is 19.1. The van der Waals surface area contributed by atoms with Crippen molar-refractivity contribution in [1.82, 2.24) is 29.9 Å². The normalized spacial score (nSPS) is 15.4. The average molecular weight is 440 g/mol. The number of hydrogen-bond donors (Lipinski definition) is 2. The monoisotopic (exact) mass is 440 g/mol. The lowest BCUT2D eigenvalue weighted by atomic mass is 9.98. The third-order valence-electron chi connectivity index (χ3n) is 5.68. The number of aromatic hydroxyl groups is 1. The standard InChI is InChI=1S/C22H25FN6O3/c1-13(24-11-15-5-7-16(23)8-6-15)18-19(30)20(31)29-10-9-28(22(3,4)21(29)26-18)12-17-25-14(2)32-27-17/h5-8,24,30H,1,9-12H2,2-4H3. The van der Waals surface area contributed by atoms with E-state index in [0.29, 0.717) is 49.4 Å². The van der Waals surface area contributed by atoms with E-state index in [4.69, 9.17) is 4.52 Å². The van der Waals surface area contributed by atoms with Crippen LogP contribution in [0.15, 0.2) is 40.2 Å². The van der Waals surface area contributed by atoms with Gasteiger partial charge in [-0.2, -0.15) is 4.98 Å². The molecule has 2 N–H and O–H groups in total. The molecular formula is C22H25FN6O3. The van der Waals surface area contributed by atoms with Gasteiger partial charge in [0.2, 0.25) is 11.6 Å². The minimum atomic E-state index is -0.647. The smallest absolute Gasteiger partial charge is 0.296 e. The Morgan fingerprint density at radius 3 is 2.66 bits per heavy atom. The lowest BCUT2D eigenvalue weighted by Crippen LogP contribution is -2.52. The highest BCUT2D eigenvalue weighted by Crippen LogP contribution is 2.32. The molecule has 0 spiro atoms. The quantitative estimate of drug-likeness (QED) is 0.601. The molecule has 0 radical (unpaired) electrons. The van der Waals surface area contributed by atoms with Gasteiger partial charge in [0, 0.05) is 26.6 Å². The molecule has 0 amide bonds. The highest BCUT2D eigenvalue weighted by molar-refractivity contribution is 5.63. The summed E-state index contributed by atoms with van der Waals surface area (Å²) in [5.74, 6) is 0.767. The van der Waals surface area contributed by atoms with Gasteiger partial charge in [-0.15, -0.1) is 0 Å². The van der Waals surface area contributed by atoms with Gasteiger partial charge in [0.05, 0.1) is 17.8 Å². The summed E-state index contributed by atoms with van der Waals surface area (Å²) < 4.78 is 19.7. The summed E-state index contributed by atoms with van der Waals surface area (Å²) in [6.07, 6.45) is 0. The van der Waals surface area contributed by atoms with E-state index in [9.17, 15) is 14.3 Å². The van der Waals surface area contributed by atoms with Gasteiger partial charge >= 0.3 is 0 Å². The van der Waals surface area contributed by atoms with E-state index in [0.717, 1.165) is 5.56 Å². The molecule has 1 aromatic carbocycles. The molecule has 0 saturated heterocycles. The van der Waals surface area contributed by atoms with Gasteiger partial charge in [-0.25, -0.2) is 9.37 Å². The van der Waals surface area contributed by atoms with Crippen molar-refractivity contribution in [2.75, 3.05) is 6.54 Å². The van der Waals surface area contributed by atoms with Gasteiger partial charge in [-0.1, -0.05) is 23.9 Å². The van der Waals surface area contributed by atoms with Crippen molar-refractivity contribution < 1.29 is 14.0 Å². The molecule has 4 rings (SSSR count). The summed E-state index contributed by atoms with van der Waals surface area (Å²) in [5.41, 5.74) is 0.0512. The maximum absolute atomic E-state index is 13.1. The van der Waals surface area contributed by atoms with Gasteiger partial charge in [0.1, 0.15) is 17.3 Å². The van der Waals surface area contributed by atoms with Crippen LogP contribution in [-0.2, 0) is 25.2 Å². The molecule has 0 saturated carbocycles. The topological polar surface area (TPSA) is 109 Å². The molecule has 3 aromatic rings. The molecule has 32 heavy (non-hydrogen) atoms. The van der Waals surface area contributed by atoms with Crippen LogP contribution in [0.5, 0.6) is 5.75 Å². The van der Waals surface area contributed by atoms with Crippen molar-refractivity contribution in [1.29, 1.82) is 0 Å². The molecule has 0 unspecified atom stereocenters. The number of aryl methyl sites for hydroxylation is 1. The summed E-state index contributed by atoms with van der Waals surface area (Å²) in [5, 5.41) is 17.6. The predicted molar refractivity (Wildman–Crippen MR) is 115 cm³/mol. The molecule has 0 bridgehead atoms. The Kier molecular flexibility index (Phi) is 5.55. The van der Waals surface area contributed by atoms with Crippen LogP contribution in [0.3, 0.4) is 0 Å². The van der Waals surface area contributed by atoms with Crippen LogP contribution in [0.25, 0.3) is 5.70 Å². The Morgan fingerprint density at radius 1 is 1.28 bits per heavy atom. The van der Waals surface area contributed by atoms with Crippen molar-refractivity contribution in [3.05, 3.63) is 75.8 Å². The Hall–Kier alpha value is -3.53. The van der Waals surface area contributed by atoms with E-state index in [1.807, 2.05) is 13.8 Å². The van der Waals surface area contributed by atoms with Crippen LogP contribution in [0, 0.1) is 12.7 Å². The number of fused-ring (bicyclic) bond motifs is 1. The largest absolute Gasteiger partial charge is 0.501 e. The van der Waals surface area contributed by atoms with Crippen LogP contribution >= 0.6 is 0 Å². The van der Waals surface area contributed by atoms with Gasteiger partial charge in [-0.3, -0.25) is 14.3 Å². The number of nitrogens with zero attached hydrogens (tertiary/aromatic N) is 5. The molecule has 168 valence electrons. The lowest BCUT2D eigenvalue weighted by Gasteiger charge is -2.42. The zero-order valence-corrected chi connectivity index (χ0v) is 18.2. The van der Waals surface area contributed by atoms with Crippen LogP contribution in [0.2, 0.25) is 0 Å². The summed E-state index contributed by atoms with van der Waals surface area (Å²) in [6, 6.07) is 6.02. The zero-order valence-electron chi connectivity index (χ0n) is 18.2. The Morgan fingerprint density at radius 2 is 2.00 bits per heavy atom. The minimum Gasteiger partial charge on any atom is -0.501 e.